The normalized spacial score (nSPS) is 22.0. The number of amides is 1. The van der Waals surface area contributed by atoms with Gasteiger partial charge in [0, 0.05) is 37.2 Å². The minimum absolute atomic E-state index is 0.00467. The average molecular weight is 370 g/mol. The molecule has 3 heterocycles. The van der Waals surface area contributed by atoms with Crippen LogP contribution in [0.25, 0.3) is 0 Å². The van der Waals surface area contributed by atoms with Crippen LogP contribution >= 0.6 is 0 Å². The zero-order chi connectivity index (χ0) is 19.3. The number of aryl methyl sites for hydroxylation is 3. The third-order valence-electron chi connectivity index (χ3n) is 6.21. The van der Waals surface area contributed by atoms with E-state index >= 15 is 0 Å². The minimum Gasteiger partial charge on any atom is -0.361 e. The lowest BCUT2D eigenvalue weighted by atomic mass is 9.81. The molecule has 1 aliphatic carbocycles. The summed E-state index contributed by atoms with van der Waals surface area (Å²) in [6.45, 7) is 12.1. The van der Waals surface area contributed by atoms with Gasteiger partial charge in [-0.15, -0.1) is 0 Å². The molecule has 2 aromatic heterocycles. The molecule has 2 aromatic rings. The second-order valence-electron chi connectivity index (χ2n) is 9.16. The van der Waals surface area contributed by atoms with Crippen molar-refractivity contribution in [2.45, 2.75) is 71.8 Å². The van der Waals surface area contributed by atoms with Crippen LogP contribution in [0.1, 0.15) is 67.8 Å². The zero-order valence-corrected chi connectivity index (χ0v) is 17.1. The lowest BCUT2D eigenvalue weighted by Gasteiger charge is -2.22. The summed E-state index contributed by atoms with van der Waals surface area (Å²) in [5.74, 6) is 2.00. The Balaban J connectivity index is 1.45. The van der Waals surface area contributed by atoms with Gasteiger partial charge in [0.2, 0.25) is 5.91 Å². The number of rotatable bonds is 3. The second-order valence-corrected chi connectivity index (χ2v) is 9.16. The van der Waals surface area contributed by atoms with Crippen LogP contribution < -0.4 is 0 Å². The number of nitrogens with zero attached hydrogens (tertiary/aromatic N) is 4. The zero-order valence-electron chi connectivity index (χ0n) is 17.1. The monoisotopic (exact) mass is 370 g/mol. The Kier molecular flexibility index (Phi) is 4.40. The van der Waals surface area contributed by atoms with Crippen molar-refractivity contribution in [3.05, 3.63) is 34.5 Å². The summed E-state index contributed by atoms with van der Waals surface area (Å²) in [5, 5.41) is 8.91. The molecule has 1 amide bonds. The maximum absolute atomic E-state index is 12.8. The lowest BCUT2D eigenvalue weighted by Crippen LogP contribution is -2.29. The van der Waals surface area contributed by atoms with Gasteiger partial charge in [-0.3, -0.25) is 9.48 Å². The Morgan fingerprint density at radius 3 is 2.74 bits per heavy atom. The van der Waals surface area contributed by atoms with E-state index in [0.29, 0.717) is 24.7 Å². The van der Waals surface area contributed by atoms with Crippen LogP contribution in [0.3, 0.4) is 0 Å². The smallest absolute Gasteiger partial charge is 0.222 e. The summed E-state index contributed by atoms with van der Waals surface area (Å²) < 4.78 is 7.31. The summed E-state index contributed by atoms with van der Waals surface area (Å²) in [4.78, 5) is 14.9. The highest BCUT2D eigenvalue weighted by Gasteiger charge is 2.41. The molecule has 0 N–H and O–H groups in total. The first-order chi connectivity index (χ1) is 12.7. The fourth-order valence-electron chi connectivity index (χ4n) is 4.54. The predicted octanol–water partition coefficient (Wildman–Crippen LogP) is 3.36. The summed E-state index contributed by atoms with van der Waals surface area (Å²) in [6.07, 6.45) is 5.67. The molecular formula is C21H30N4O2. The van der Waals surface area contributed by atoms with Crippen molar-refractivity contribution < 1.29 is 9.32 Å². The summed E-state index contributed by atoms with van der Waals surface area (Å²) in [7, 11) is 0. The van der Waals surface area contributed by atoms with E-state index in [0.717, 1.165) is 42.9 Å². The number of fused-ring (bicyclic) bond motifs is 3. The molecule has 0 saturated carbocycles. The summed E-state index contributed by atoms with van der Waals surface area (Å²) in [6, 6.07) is 0. The molecule has 0 aromatic carbocycles. The molecule has 2 aliphatic rings. The number of likely N-dealkylation sites (tertiary alicyclic amines) is 1. The average Bonchev–Trinajstić information content (AvgIpc) is 3.29. The molecule has 6 nitrogen and oxygen atoms in total. The summed E-state index contributed by atoms with van der Waals surface area (Å²) in [5.41, 5.74) is 4.56. The Morgan fingerprint density at radius 1 is 1.30 bits per heavy atom. The molecule has 0 radical (unpaired) electrons. The minimum atomic E-state index is -0.00467. The molecule has 2 atom stereocenters. The first-order valence-electron chi connectivity index (χ1n) is 10.0. The highest BCUT2D eigenvalue weighted by atomic mass is 16.5. The molecule has 4 rings (SSSR count). The van der Waals surface area contributed by atoms with E-state index in [2.05, 4.69) is 41.7 Å². The van der Waals surface area contributed by atoms with Crippen molar-refractivity contribution in [2.75, 3.05) is 13.1 Å². The number of aromatic nitrogens is 3. The number of hydrogen-bond acceptors (Lipinski definition) is 4. The van der Waals surface area contributed by atoms with Crippen LogP contribution in [0, 0.1) is 19.8 Å². The van der Waals surface area contributed by atoms with Gasteiger partial charge in [-0.05, 0) is 65.4 Å². The van der Waals surface area contributed by atoms with Crippen molar-refractivity contribution in [2.24, 2.45) is 5.92 Å². The van der Waals surface area contributed by atoms with E-state index in [1.54, 1.807) is 0 Å². The van der Waals surface area contributed by atoms with E-state index in [1.807, 2.05) is 13.8 Å². The molecule has 1 aliphatic heterocycles. The van der Waals surface area contributed by atoms with E-state index < -0.39 is 0 Å². The molecule has 6 heteroatoms. The van der Waals surface area contributed by atoms with Crippen LogP contribution in [0.2, 0.25) is 0 Å². The molecule has 1 saturated heterocycles. The molecule has 1 fully saturated rings. The molecule has 0 bridgehead atoms. The summed E-state index contributed by atoms with van der Waals surface area (Å²) >= 11 is 0. The van der Waals surface area contributed by atoms with Gasteiger partial charge < -0.3 is 9.42 Å². The highest BCUT2D eigenvalue weighted by Crippen LogP contribution is 2.41. The quantitative estimate of drug-likeness (QED) is 0.831. The Bertz CT molecular complexity index is 839. The van der Waals surface area contributed by atoms with Gasteiger partial charge in [0.05, 0.1) is 16.9 Å². The number of carbonyl (C=O) groups excluding carboxylic acids is 1. The van der Waals surface area contributed by atoms with Gasteiger partial charge in [0.15, 0.2) is 0 Å². The van der Waals surface area contributed by atoms with E-state index in [-0.39, 0.29) is 11.4 Å². The predicted molar refractivity (Wildman–Crippen MR) is 103 cm³/mol. The van der Waals surface area contributed by atoms with Crippen LogP contribution in [0.15, 0.2) is 10.7 Å². The van der Waals surface area contributed by atoms with Gasteiger partial charge in [-0.25, -0.2) is 0 Å². The Morgan fingerprint density at radius 2 is 2.07 bits per heavy atom. The van der Waals surface area contributed by atoms with E-state index in [1.165, 1.54) is 11.3 Å². The van der Waals surface area contributed by atoms with Gasteiger partial charge in [0.25, 0.3) is 0 Å². The van der Waals surface area contributed by atoms with E-state index in [4.69, 9.17) is 9.62 Å². The standard InChI is InChI=1S/C21H30N4O2/c1-13-17(14(2)27-23-13)8-9-19(26)24-10-15-6-7-16-11-25(21(3,4)5)22-20(16)18(15)12-24/h11,15,18H,6-10,12H2,1-5H3/t15-,18+/m1/s1. The maximum Gasteiger partial charge on any atom is 0.222 e. The molecule has 0 unspecified atom stereocenters. The largest absolute Gasteiger partial charge is 0.361 e. The van der Waals surface area contributed by atoms with E-state index in [9.17, 15) is 4.79 Å². The molecular weight excluding hydrogens is 340 g/mol. The van der Waals surface area contributed by atoms with Crippen molar-refractivity contribution in [3.8, 4) is 0 Å². The van der Waals surface area contributed by atoms with Crippen molar-refractivity contribution in [1.82, 2.24) is 19.8 Å². The Labute approximate surface area is 160 Å². The first-order valence-corrected chi connectivity index (χ1v) is 10.0. The third-order valence-corrected chi connectivity index (χ3v) is 6.21. The fraction of sp³-hybridized carbons (Fsp3) is 0.667. The topological polar surface area (TPSA) is 64.2 Å². The van der Waals surface area contributed by atoms with Crippen LogP contribution in [-0.2, 0) is 23.2 Å². The number of hydrogen-bond donors (Lipinski definition) is 0. The SMILES string of the molecule is Cc1noc(C)c1CCC(=O)N1C[C@H]2CCc3cn(C(C)(C)C)nc3[C@H]2C1. The van der Waals surface area contributed by atoms with Crippen molar-refractivity contribution in [3.63, 3.8) is 0 Å². The van der Waals surface area contributed by atoms with Crippen molar-refractivity contribution >= 4 is 5.91 Å². The highest BCUT2D eigenvalue weighted by molar-refractivity contribution is 5.77. The van der Waals surface area contributed by atoms with Gasteiger partial charge in [-0.2, -0.15) is 5.10 Å². The van der Waals surface area contributed by atoms with Gasteiger partial charge >= 0.3 is 0 Å². The molecule has 27 heavy (non-hydrogen) atoms. The fourth-order valence-corrected chi connectivity index (χ4v) is 4.54. The van der Waals surface area contributed by atoms with Gasteiger partial charge in [-0.1, -0.05) is 5.16 Å². The molecule has 0 spiro atoms. The van der Waals surface area contributed by atoms with Crippen molar-refractivity contribution in [1.29, 1.82) is 0 Å². The lowest BCUT2D eigenvalue weighted by molar-refractivity contribution is -0.130. The Hall–Kier alpha value is -2.11. The molecule has 146 valence electrons. The number of carbonyl (C=O) groups is 1. The maximum atomic E-state index is 12.8. The van der Waals surface area contributed by atoms with Crippen LogP contribution in [-0.4, -0.2) is 38.8 Å². The second kappa shape index (κ2) is 6.50. The van der Waals surface area contributed by atoms with Crippen LogP contribution in [0.4, 0.5) is 0 Å². The third kappa shape index (κ3) is 3.30. The first kappa shape index (κ1) is 18.3. The van der Waals surface area contributed by atoms with Crippen LogP contribution in [0.5, 0.6) is 0 Å². The van der Waals surface area contributed by atoms with Gasteiger partial charge in [0.1, 0.15) is 5.76 Å².